The molecule has 1 saturated heterocycles. The quantitative estimate of drug-likeness (QED) is 0.888. The summed E-state index contributed by atoms with van der Waals surface area (Å²) in [6, 6.07) is 9.79. The van der Waals surface area contributed by atoms with Crippen molar-refractivity contribution >= 4 is 35.0 Å². The van der Waals surface area contributed by atoms with Crippen molar-refractivity contribution < 1.29 is 9.59 Å². The van der Waals surface area contributed by atoms with Crippen LogP contribution in [0.4, 0.5) is 0 Å². The van der Waals surface area contributed by atoms with Gasteiger partial charge in [0.1, 0.15) is 6.04 Å². The lowest BCUT2D eigenvalue weighted by atomic mass is 10.1. The number of hydrogen-bond acceptors (Lipinski definition) is 3. The Hall–Kier alpha value is -2.11. The van der Waals surface area contributed by atoms with Crippen LogP contribution in [0.2, 0.25) is 10.0 Å². The largest absolute Gasteiger partial charge is 0.349 e. The van der Waals surface area contributed by atoms with Crippen molar-refractivity contribution in [2.24, 2.45) is 0 Å². The van der Waals surface area contributed by atoms with Crippen LogP contribution in [0.3, 0.4) is 0 Å². The summed E-state index contributed by atoms with van der Waals surface area (Å²) in [4.78, 5) is 31.0. The van der Waals surface area contributed by atoms with Gasteiger partial charge < -0.3 is 10.2 Å². The molecule has 1 fully saturated rings. The van der Waals surface area contributed by atoms with Crippen LogP contribution in [-0.2, 0) is 11.3 Å². The number of nitrogens with one attached hydrogen (secondary N) is 1. The second-order valence-corrected chi connectivity index (χ2v) is 6.64. The van der Waals surface area contributed by atoms with Crippen molar-refractivity contribution in [3.8, 4) is 0 Å². The molecular weight excluding hydrogens is 361 g/mol. The third-order valence-electron chi connectivity index (χ3n) is 4.15. The predicted octanol–water partition coefficient (Wildman–Crippen LogP) is 3.31. The monoisotopic (exact) mass is 377 g/mol. The van der Waals surface area contributed by atoms with E-state index in [1.54, 1.807) is 23.2 Å². The van der Waals surface area contributed by atoms with Crippen molar-refractivity contribution in [3.05, 3.63) is 63.9 Å². The van der Waals surface area contributed by atoms with Crippen molar-refractivity contribution in [3.63, 3.8) is 0 Å². The number of likely N-dealkylation sites (tertiary alicyclic amines) is 1. The summed E-state index contributed by atoms with van der Waals surface area (Å²) in [5, 5.41) is 3.57. The molecule has 1 atom stereocenters. The van der Waals surface area contributed by atoms with Gasteiger partial charge in [-0.15, -0.1) is 0 Å². The molecule has 1 aliphatic rings. The maximum absolute atomic E-state index is 12.7. The molecule has 1 aromatic carbocycles. The Morgan fingerprint density at radius 2 is 2.04 bits per heavy atom. The van der Waals surface area contributed by atoms with Crippen LogP contribution in [-0.4, -0.2) is 34.3 Å². The van der Waals surface area contributed by atoms with Crippen LogP contribution in [0.15, 0.2) is 42.6 Å². The number of nitrogens with zero attached hydrogens (tertiary/aromatic N) is 2. The van der Waals surface area contributed by atoms with Gasteiger partial charge in [0, 0.05) is 18.3 Å². The van der Waals surface area contributed by atoms with E-state index in [9.17, 15) is 9.59 Å². The third-order valence-corrected chi connectivity index (χ3v) is 4.89. The molecule has 25 heavy (non-hydrogen) atoms. The van der Waals surface area contributed by atoms with E-state index in [1.807, 2.05) is 18.2 Å². The van der Waals surface area contributed by atoms with Gasteiger partial charge in [-0.2, -0.15) is 0 Å². The highest BCUT2D eigenvalue weighted by Gasteiger charge is 2.34. The van der Waals surface area contributed by atoms with E-state index in [0.29, 0.717) is 35.1 Å². The lowest BCUT2D eigenvalue weighted by molar-refractivity contribution is -0.125. The van der Waals surface area contributed by atoms with Crippen LogP contribution < -0.4 is 5.32 Å². The number of benzene rings is 1. The fraction of sp³-hybridized carbons (Fsp3) is 0.278. The molecule has 7 heteroatoms. The second kappa shape index (κ2) is 7.85. The summed E-state index contributed by atoms with van der Waals surface area (Å²) in [6.45, 7) is 0.881. The van der Waals surface area contributed by atoms with Gasteiger partial charge in [-0.1, -0.05) is 29.3 Å². The van der Waals surface area contributed by atoms with Crippen molar-refractivity contribution in [2.75, 3.05) is 6.54 Å². The van der Waals surface area contributed by atoms with Crippen LogP contribution in [0.5, 0.6) is 0 Å². The molecule has 3 rings (SSSR count). The zero-order valence-electron chi connectivity index (χ0n) is 13.4. The summed E-state index contributed by atoms with van der Waals surface area (Å²) in [6.07, 6.45) is 3.10. The van der Waals surface area contributed by atoms with E-state index in [0.717, 1.165) is 12.1 Å². The topological polar surface area (TPSA) is 62.3 Å². The molecule has 0 saturated carbocycles. The molecule has 2 aromatic rings. The Kier molecular flexibility index (Phi) is 5.56. The van der Waals surface area contributed by atoms with E-state index in [2.05, 4.69) is 10.3 Å². The lowest BCUT2D eigenvalue weighted by Gasteiger charge is -2.24. The molecule has 2 heterocycles. The summed E-state index contributed by atoms with van der Waals surface area (Å²) >= 11 is 11.9. The third kappa shape index (κ3) is 4.11. The maximum atomic E-state index is 12.7. The van der Waals surface area contributed by atoms with Crippen molar-refractivity contribution in [1.29, 1.82) is 0 Å². The summed E-state index contributed by atoms with van der Waals surface area (Å²) < 4.78 is 0. The van der Waals surface area contributed by atoms with Crippen LogP contribution in [0, 0.1) is 0 Å². The van der Waals surface area contributed by atoms with Crippen LogP contribution in [0.25, 0.3) is 0 Å². The molecular formula is C18H17Cl2N3O2. The minimum Gasteiger partial charge on any atom is -0.349 e. The Labute approximate surface area is 155 Å². The first-order valence-electron chi connectivity index (χ1n) is 8.00. The van der Waals surface area contributed by atoms with Gasteiger partial charge in [0.05, 0.1) is 22.3 Å². The fourth-order valence-corrected chi connectivity index (χ4v) is 3.17. The van der Waals surface area contributed by atoms with E-state index >= 15 is 0 Å². The maximum Gasteiger partial charge on any atom is 0.254 e. The Morgan fingerprint density at radius 1 is 1.20 bits per heavy atom. The van der Waals surface area contributed by atoms with E-state index in [-0.39, 0.29) is 11.8 Å². The van der Waals surface area contributed by atoms with Gasteiger partial charge in [-0.3, -0.25) is 14.6 Å². The van der Waals surface area contributed by atoms with Crippen LogP contribution in [0.1, 0.15) is 28.9 Å². The first kappa shape index (κ1) is 17.7. The van der Waals surface area contributed by atoms with Gasteiger partial charge >= 0.3 is 0 Å². The molecule has 1 N–H and O–H groups in total. The molecule has 0 aliphatic carbocycles. The van der Waals surface area contributed by atoms with Gasteiger partial charge in [0.25, 0.3) is 5.91 Å². The number of rotatable bonds is 4. The number of amides is 2. The number of halogens is 2. The first-order valence-corrected chi connectivity index (χ1v) is 8.75. The number of carbonyl (C=O) groups excluding carboxylic acids is 2. The molecule has 0 spiro atoms. The van der Waals surface area contributed by atoms with E-state index in [4.69, 9.17) is 23.2 Å². The zero-order valence-corrected chi connectivity index (χ0v) is 14.9. The van der Waals surface area contributed by atoms with Gasteiger partial charge in [0.2, 0.25) is 5.91 Å². The SMILES string of the molecule is O=C(NCc1ccccn1)C1CCCN1C(=O)c1ccc(Cl)c(Cl)c1. The number of carbonyl (C=O) groups is 2. The average molecular weight is 378 g/mol. The minimum atomic E-state index is -0.481. The number of hydrogen-bond donors (Lipinski definition) is 1. The van der Waals surface area contributed by atoms with Crippen LogP contribution >= 0.6 is 23.2 Å². The standard InChI is InChI=1S/C18H17Cl2N3O2/c19-14-7-6-12(10-15(14)20)18(25)23-9-3-5-16(23)17(24)22-11-13-4-1-2-8-21-13/h1-2,4,6-8,10,16H,3,5,9,11H2,(H,22,24). The Morgan fingerprint density at radius 3 is 2.76 bits per heavy atom. The highest BCUT2D eigenvalue weighted by molar-refractivity contribution is 6.42. The molecule has 0 radical (unpaired) electrons. The highest BCUT2D eigenvalue weighted by atomic mass is 35.5. The van der Waals surface area contributed by atoms with Gasteiger partial charge in [-0.25, -0.2) is 0 Å². The van der Waals surface area contributed by atoms with E-state index in [1.165, 1.54) is 6.07 Å². The summed E-state index contributed by atoms with van der Waals surface area (Å²) in [5.74, 6) is -0.384. The molecule has 1 aliphatic heterocycles. The lowest BCUT2D eigenvalue weighted by Crippen LogP contribution is -2.45. The molecule has 1 aromatic heterocycles. The first-order chi connectivity index (χ1) is 12.1. The summed E-state index contributed by atoms with van der Waals surface area (Å²) in [7, 11) is 0. The summed E-state index contributed by atoms with van der Waals surface area (Å²) in [5.41, 5.74) is 1.20. The fourth-order valence-electron chi connectivity index (χ4n) is 2.88. The smallest absolute Gasteiger partial charge is 0.254 e. The normalized spacial score (nSPS) is 16.7. The predicted molar refractivity (Wildman–Crippen MR) is 96.6 cm³/mol. The van der Waals surface area contributed by atoms with Gasteiger partial charge in [0.15, 0.2) is 0 Å². The van der Waals surface area contributed by atoms with Crippen molar-refractivity contribution in [2.45, 2.75) is 25.4 Å². The molecule has 2 amide bonds. The molecule has 5 nitrogen and oxygen atoms in total. The van der Waals surface area contributed by atoms with Gasteiger partial charge in [-0.05, 0) is 43.2 Å². The minimum absolute atomic E-state index is 0.170. The molecule has 1 unspecified atom stereocenters. The Bertz CT molecular complexity index is 783. The zero-order chi connectivity index (χ0) is 17.8. The molecule has 130 valence electrons. The highest BCUT2D eigenvalue weighted by Crippen LogP contribution is 2.26. The number of pyridine rings is 1. The van der Waals surface area contributed by atoms with E-state index < -0.39 is 6.04 Å². The van der Waals surface area contributed by atoms with Crippen molar-refractivity contribution in [1.82, 2.24) is 15.2 Å². The number of aromatic nitrogens is 1. The average Bonchev–Trinajstić information content (AvgIpc) is 3.12. The second-order valence-electron chi connectivity index (χ2n) is 5.82. The Balaban J connectivity index is 1.67. The molecule has 0 bridgehead atoms.